The third kappa shape index (κ3) is 2.33. The van der Waals surface area contributed by atoms with E-state index in [4.69, 9.17) is 5.84 Å². The van der Waals surface area contributed by atoms with Crippen LogP contribution in [-0.2, 0) is 17.9 Å². The van der Waals surface area contributed by atoms with Crippen molar-refractivity contribution >= 4 is 22.7 Å². The molecule has 0 aliphatic heterocycles. The zero-order valence-corrected chi connectivity index (χ0v) is 13.1. The molecule has 24 heavy (non-hydrogen) atoms. The third-order valence-electron chi connectivity index (χ3n) is 4.20. The number of fused-ring (bicyclic) bond motifs is 3. The van der Waals surface area contributed by atoms with E-state index in [2.05, 4.69) is 38.7 Å². The quantitative estimate of drug-likeness (QED) is 0.257. The number of nitrogens with one attached hydrogen (secondary N) is 1. The molecule has 0 aliphatic carbocycles. The first-order valence-electron chi connectivity index (χ1n) is 7.79. The van der Waals surface area contributed by atoms with E-state index in [9.17, 15) is 4.79 Å². The third-order valence-corrected chi connectivity index (χ3v) is 4.20. The highest BCUT2D eigenvalue weighted by molar-refractivity contribution is 5.80. The summed E-state index contributed by atoms with van der Waals surface area (Å²) in [5.74, 6) is 5.96. The molecule has 3 N–H and O–H groups in total. The van der Waals surface area contributed by atoms with E-state index in [0.29, 0.717) is 0 Å². The number of imidazole rings is 2. The molecule has 0 unspecified atom stereocenters. The highest BCUT2D eigenvalue weighted by atomic mass is 16.2. The summed E-state index contributed by atoms with van der Waals surface area (Å²) in [5.41, 5.74) is 5.63. The lowest BCUT2D eigenvalue weighted by atomic mass is 10.2. The maximum Gasteiger partial charge on any atom is 0.370 e. The number of hydrogen-bond acceptors (Lipinski definition) is 2. The summed E-state index contributed by atoms with van der Waals surface area (Å²) in [6.07, 6.45) is 3.88. The molecule has 2 heterocycles. The van der Waals surface area contributed by atoms with Gasteiger partial charge in [0.1, 0.15) is 17.2 Å². The topological polar surface area (TPSA) is 68.3 Å². The molecule has 6 nitrogen and oxygen atoms in total. The summed E-state index contributed by atoms with van der Waals surface area (Å²) in [6.45, 7) is 0.907. The minimum atomic E-state index is -0.232. The summed E-state index contributed by atoms with van der Waals surface area (Å²) in [6, 6.07) is 18.5. The van der Waals surface area contributed by atoms with E-state index < -0.39 is 0 Å². The number of amides is 1. The molecule has 6 heteroatoms. The highest BCUT2D eigenvalue weighted by Crippen LogP contribution is 2.20. The lowest BCUT2D eigenvalue weighted by Crippen LogP contribution is -2.45. The molecule has 0 aliphatic rings. The minimum absolute atomic E-state index is 0.179. The number of nitrogens with zero attached hydrogens (tertiary/aromatic N) is 3. The van der Waals surface area contributed by atoms with Crippen LogP contribution in [0.15, 0.2) is 67.0 Å². The largest absolute Gasteiger partial charge is 0.370 e. The molecule has 4 rings (SSSR count). The van der Waals surface area contributed by atoms with Gasteiger partial charge in [0.15, 0.2) is 6.54 Å². The maximum absolute atomic E-state index is 11.7. The number of carbonyl (C=O) groups excluding carboxylic acids is 1. The molecule has 0 spiro atoms. The molecule has 120 valence electrons. The SMILES string of the molecule is NNC(=O)C[n+]1ccn2c3ccccc3n(Cc3ccccc3)c21. The molecule has 1 amide bonds. The van der Waals surface area contributed by atoms with Crippen molar-refractivity contribution in [2.24, 2.45) is 5.84 Å². The Morgan fingerprint density at radius 2 is 1.75 bits per heavy atom. The predicted octanol–water partition coefficient (Wildman–Crippen LogP) is 1.22. The Morgan fingerprint density at radius 3 is 2.50 bits per heavy atom. The number of nitrogens with two attached hydrogens (primary N) is 1. The van der Waals surface area contributed by atoms with E-state index in [1.807, 2.05) is 47.3 Å². The van der Waals surface area contributed by atoms with Crippen molar-refractivity contribution in [2.75, 3.05) is 0 Å². The molecule has 0 atom stereocenters. The highest BCUT2D eigenvalue weighted by Gasteiger charge is 2.23. The van der Waals surface area contributed by atoms with Gasteiger partial charge in [-0.1, -0.05) is 42.5 Å². The first-order chi connectivity index (χ1) is 11.8. The van der Waals surface area contributed by atoms with Crippen LogP contribution in [0.5, 0.6) is 0 Å². The maximum atomic E-state index is 11.7. The second-order valence-electron chi connectivity index (χ2n) is 5.72. The van der Waals surface area contributed by atoms with Gasteiger partial charge in [-0.2, -0.15) is 4.40 Å². The molecule has 0 bridgehead atoms. The van der Waals surface area contributed by atoms with Gasteiger partial charge in [-0.15, -0.1) is 0 Å². The van der Waals surface area contributed by atoms with Gasteiger partial charge < -0.3 is 0 Å². The van der Waals surface area contributed by atoms with Crippen LogP contribution in [0.4, 0.5) is 0 Å². The number of para-hydroxylation sites is 2. The molecule has 0 saturated heterocycles. The van der Waals surface area contributed by atoms with E-state index in [0.717, 1.165) is 23.4 Å². The number of benzene rings is 2. The molecule has 0 radical (unpaired) electrons. The number of hydrogen-bond donors (Lipinski definition) is 2. The van der Waals surface area contributed by atoms with E-state index in [-0.39, 0.29) is 12.5 Å². The second-order valence-corrected chi connectivity index (χ2v) is 5.72. The molecular formula is C18H18N5O+. The van der Waals surface area contributed by atoms with Crippen molar-refractivity contribution in [3.05, 3.63) is 72.6 Å². The average molecular weight is 320 g/mol. The average Bonchev–Trinajstić information content (AvgIpc) is 3.16. The van der Waals surface area contributed by atoms with Crippen LogP contribution < -0.4 is 15.8 Å². The van der Waals surface area contributed by atoms with Crippen molar-refractivity contribution < 1.29 is 9.36 Å². The lowest BCUT2D eigenvalue weighted by Gasteiger charge is -2.03. The van der Waals surface area contributed by atoms with Gasteiger partial charge in [0.05, 0.1) is 12.7 Å². The fraction of sp³-hybridized carbons (Fsp3) is 0.111. The van der Waals surface area contributed by atoms with Crippen LogP contribution in [-0.4, -0.2) is 14.9 Å². The van der Waals surface area contributed by atoms with Crippen molar-refractivity contribution in [3.8, 4) is 0 Å². The van der Waals surface area contributed by atoms with Crippen LogP contribution in [0, 0.1) is 0 Å². The summed E-state index contributed by atoms with van der Waals surface area (Å²) < 4.78 is 6.22. The Kier molecular flexibility index (Phi) is 3.51. The van der Waals surface area contributed by atoms with Crippen molar-refractivity contribution in [1.82, 2.24) is 14.4 Å². The molecular weight excluding hydrogens is 302 g/mol. The van der Waals surface area contributed by atoms with Crippen LogP contribution >= 0.6 is 0 Å². The Labute approximate surface area is 138 Å². The van der Waals surface area contributed by atoms with Gasteiger partial charge in [0.25, 0.3) is 5.91 Å². The summed E-state index contributed by atoms with van der Waals surface area (Å²) in [5, 5.41) is 0. The molecule has 0 fully saturated rings. The minimum Gasteiger partial charge on any atom is -0.291 e. The molecule has 2 aromatic carbocycles. The van der Waals surface area contributed by atoms with Crippen molar-refractivity contribution in [2.45, 2.75) is 13.1 Å². The Balaban J connectivity index is 1.93. The molecule has 2 aromatic heterocycles. The van der Waals surface area contributed by atoms with Crippen LogP contribution in [0.1, 0.15) is 5.56 Å². The predicted molar refractivity (Wildman–Crippen MR) is 91.0 cm³/mol. The molecule has 4 aromatic rings. The first-order valence-corrected chi connectivity index (χ1v) is 7.79. The van der Waals surface area contributed by atoms with E-state index in [1.54, 1.807) is 0 Å². The van der Waals surface area contributed by atoms with Gasteiger partial charge in [0.2, 0.25) is 0 Å². The van der Waals surface area contributed by atoms with Gasteiger partial charge in [-0.05, 0) is 17.7 Å². The Morgan fingerprint density at radius 1 is 1.04 bits per heavy atom. The van der Waals surface area contributed by atoms with Gasteiger partial charge in [-0.3, -0.25) is 10.2 Å². The smallest absolute Gasteiger partial charge is 0.291 e. The normalized spacial score (nSPS) is 11.2. The standard InChI is InChI=1S/C18H17N5O/c19-20-17(24)13-21-10-11-22-15-8-4-5-9-16(15)23(18(21)22)12-14-6-2-1-3-7-14/h1-11H,12-13,19H2/p+1. The van der Waals surface area contributed by atoms with Crippen molar-refractivity contribution in [3.63, 3.8) is 0 Å². The number of aromatic nitrogens is 3. The van der Waals surface area contributed by atoms with Crippen LogP contribution in [0.25, 0.3) is 16.8 Å². The number of carbonyl (C=O) groups is 1. The Bertz CT molecular complexity index is 1020. The summed E-state index contributed by atoms with van der Waals surface area (Å²) in [4.78, 5) is 11.7. The molecule has 0 saturated carbocycles. The van der Waals surface area contributed by atoms with Gasteiger partial charge >= 0.3 is 5.78 Å². The number of hydrazine groups is 1. The fourth-order valence-electron chi connectivity index (χ4n) is 3.14. The van der Waals surface area contributed by atoms with E-state index >= 15 is 0 Å². The zero-order valence-electron chi connectivity index (χ0n) is 13.1. The monoisotopic (exact) mass is 320 g/mol. The first kappa shape index (κ1) is 14.5. The van der Waals surface area contributed by atoms with E-state index in [1.165, 1.54) is 5.56 Å². The summed E-state index contributed by atoms with van der Waals surface area (Å²) >= 11 is 0. The number of rotatable bonds is 4. The van der Waals surface area contributed by atoms with Gasteiger partial charge in [0, 0.05) is 0 Å². The second kappa shape index (κ2) is 5.82. The van der Waals surface area contributed by atoms with Crippen molar-refractivity contribution in [1.29, 1.82) is 0 Å². The zero-order chi connectivity index (χ0) is 16.5. The van der Waals surface area contributed by atoms with Crippen LogP contribution in [0.3, 0.4) is 0 Å². The van der Waals surface area contributed by atoms with Gasteiger partial charge in [-0.25, -0.2) is 15.0 Å². The lowest BCUT2D eigenvalue weighted by molar-refractivity contribution is -0.660. The fourth-order valence-corrected chi connectivity index (χ4v) is 3.14. The van der Waals surface area contributed by atoms with Crippen LogP contribution in [0.2, 0.25) is 0 Å². The Hall–Kier alpha value is -3.12. The summed E-state index contributed by atoms with van der Waals surface area (Å²) in [7, 11) is 0.